The van der Waals surface area contributed by atoms with Crippen molar-refractivity contribution in [1.82, 2.24) is 0 Å². The Hall–Kier alpha value is -3.45. The summed E-state index contributed by atoms with van der Waals surface area (Å²) in [6.07, 6.45) is 0.205. The lowest BCUT2D eigenvalue weighted by molar-refractivity contribution is -0.115. The third-order valence-electron chi connectivity index (χ3n) is 4.08. The lowest BCUT2D eigenvalue weighted by atomic mass is 10.2. The van der Waals surface area contributed by atoms with Gasteiger partial charge in [-0.15, -0.1) is 11.3 Å². The number of carbonyl (C=O) groups is 2. The fraction of sp³-hybridized carbons (Fsp3) is 0.0476. The number of amides is 2. The van der Waals surface area contributed by atoms with Crippen LogP contribution in [-0.4, -0.2) is 11.8 Å². The van der Waals surface area contributed by atoms with Gasteiger partial charge < -0.3 is 15.1 Å². The Bertz CT molecular complexity index is 1130. The number of benzene rings is 2. The van der Waals surface area contributed by atoms with E-state index in [1.807, 2.05) is 17.5 Å². The molecule has 0 spiro atoms. The zero-order chi connectivity index (χ0) is 19.5. The second-order valence-corrected chi connectivity index (χ2v) is 7.10. The van der Waals surface area contributed by atoms with Crippen molar-refractivity contribution in [2.24, 2.45) is 0 Å². The zero-order valence-electron chi connectivity index (χ0n) is 14.6. The monoisotopic (exact) mass is 394 g/mol. The fourth-order valence-electron chi connectivity index (χ4n) is 2.81. The van der Waals surface area contributed by atoms with Crippen LogP contribution in [-0.2, 0) is 11.2 Å². The Balaban J connectivity index is 1.63. The summed E-state index contributed by atoms with van der Waals surface area (Å²) in [6.45, 7) is 0. The van der Waals surface area contributed by atoms with E-state index >= 15 is 0 Å². The van der Waals surface area contributed by atoms with Crippen LogP contribution in [0.4, 0.5) is 15.8 Å². The molecule has 2 N–H and O–H groups in total. The van der Waals surface area contributed by atoms with E-state index in [-0.39, 0.29) is 18.1 Å². The number of carbonyl (C=O) groups excluding carboxylic acids is 2. The van der Waals surface area contributed by atoms with Crippen molar-refractivity contribution in [3.63, 3.8) is 0 Å². The average molecular weight is 394 g/mol. The van der Waals surface area contributed by atoms with Crippen LogP contribution in [0.3, 0.4) is 0 Å². The third-order valence-corrected chi connectivity index (χ3v) is 4.96. The third kappa shape index (κ3) is 3.79. The van der Waals surface area contributed by atoms with Gasteiger partial charge in [0.1, 0.15) is 17.1 Å². The second-order valence-electron chi connectivity index (χ2n) is 6.07. The number of hydrogen-bond acceptors (Lipinski definition) is 4. The van der Waals surface area contributed by atoms with Crippen molar-refractivity contribution in [1.29, 1.82) is 0 Å². The molecule has 7 heteroatoms. The lowest BCUT2D eigenvalue weighted by Crippen LogP contribution is -2.18. The maximum Gasteiger partial charge on any atom is 0.293 e. The standard InChI is InChI=1S/C21H15FN2O3S/c22-13-7-9-14(10-8-13)23-21(26)20-19(16-5-1-2-6-17(16)27-20)24-18(25)12-15-4-3-11-28-15/h1-11H,12H2,(H,23,26)(H,24,25). The number of nitrogens with one attached hydrogen (secondary N) is 2. The number of furan rings is 1. The molecule has 4 rings (SSSR count). The smallest absolute Gasteiger partial charge is 0.293 e. The number of hydrogen-bond donors (Lipinski definition) is 2. The molecule has 2 aromatic heterocycles. The van der Waals surface area contributed by atoms with Crippen LogP contribution in [0.15, 0.2) is 70.5 Å². The summed E-state index contributed by atoms with van der Waals surface area (Å²) in [4.78, 5) is 26.1. The molecule has 0 aliphatic heterocycles. The van der Waals surface area contributed by atoms with Gasteiger partial charge in [-0.25, -0.2) is 4.39 Å². The minimum atomic E-state index is -0.533. The summed E-state index contributed by atoms with van der Waals surface area (Å²) in [5, 5.41) is 7.99. The molecule has 0 bridgehead atoms. The Morgan fingerprint density at radius 3 is 2.50 bits per heavy atom. The van der Waals surface area contributed by atoms with Gasteiger partial charge in [0.05, 0.1) is 6.42 Å². The molecule has 0 atom stereocenters. The highest BCUT2D eigenvalue weighted by molar-refractivity contribution is 7.10. The molecule has 0 radical (unpaired) electrons. The molecular weight excluding hydrogens is 379 g/mol. The first kappa shape index (κ1) is 17.9. The summed E-state index contributed by atoms with van der Waals surface area (Å²) >= 11 is 1.49. The summed E-state index contributed by atoms with van der Waals surface area (Å²) in [6, 6.07) is 16.2. The van der Waals surface area contributed by atoms with E-state index in [1.54, 1.807) is 24.3 Å². The first-order valence-electron chi connectivity index (χ1n) is 8.51. The maximum atomic E-state index is 13.1. The molecule has 0 aliphatic rings. The van der Waals surface area contributed by atoms with Gasteiger partial charge in [-0.1, -0.05) is 18.2 Å². The molecule has 0 saturated heterocycles. The highest BCUT2D eigenvalue weighted by Crippen LogP contribution is 2.31. The van der Waals surface area contributed by atoms with E-state index in [9.17, 15) is 14.0 Å². The average Bonchev–Trinajstić information content (AvgIpc) is 3.32. The van der Waals surface area contributed by atoms with Gasteiger partial charge >= 0.3 is 0 Å². The molecule has 2 aromatic carbocycles. The molecule has 0 aliphatic carbocycles. The fourth-order valence-corrected chi connectivity index (χ4v) is 3.51. The number of thiophene rings is 1. The topological polar surface area (TPSA) is 71.3 Å². The highest BCUT2D eigenvalue weighted by atomic mass is 32.1. The van der Waals surface area contributed by atoms with E-state index in [1.165, 1.54) is 35.6 Å². The molecule has 28 heavy (non-hydrogen) atoms. The quantitative estimate of drug-likeness (QED) is 0.497. The highest BCUT2D eigenvalue weighted by Gasteiger charge is 2.22. The molecule has 0 saturated carbocycles. The number of rotatable bonds is 5. The van der Waals surface area contributed by atoms with Gasteiger partial charge in [0.15, 0.2) is 0 Å². The Kier molecular flexibility index (Phi) is 4.90. The molecule has 0 fully saturated rings. The molecule has 140 valence electrons. The Morgan fingerprint density at radius 1 is 0.964 bits per heavy atom. The van der Waals surface area contributed by atoms with Crippen LogP contribution >= 0.6 is 11.3 Å². The lowest BCUT2D eigenvalue weighted by Gasteiger charge is -2.07. The van der Waals surface area contributed by atoms with E-state index in [0.717, 1.165) is 4.88 Å². The van der Waals surface area contributed by atoms with Crippen molar-refractivity contribution >= 4 is 45.5 Å². The first-order valence-corrected chi connectivity index (χ1v) is 9.39. The summed E-state index contributed by atoms with van der Waals surface area (Å²) in [5.41, 5.74) is 1.22. The van der Waals surface area contributed by atoms with Crippen molar-refractivity contribution in [3.05, 3.63) is 82.5 Å². The SMILES string of the molecule is O=C(Cc1cccs1)Nc1c(C(=O)Nc2ccc(F)cc2)oc2ccccc12. The number of para-hydroxylation sites is 1. The van der Waals surface area contributed by atoms with Gasteiger partial charge in [0.2, 0.25) is 11.7 Å². The normalized spacial score (nSPS) is 10.8. The molecule has 2 amide bonds. The van der Waals surface area contributed by atoms with E-state index in [0.29, 0.717) is 22.3 Å². The van der Waals surface area contributed by atoms with Crippen LogP contribution < -0.4 is 10.6 Å². The van der Waals surface area contributed by atoms with E-state index in [2.05, 4.69) is 10.6 Å². The van der Waals surface area contributed by atoms with Crippen molar-refractivity contribution in [2.75, 3.05) is 10.6 Å². The minimum Gasteiger partial charge on any atom is -0.449 e. The van der Waals surface area contributed by atoms with Gasteiger partial charge in [0, 0.05) is 16.0 Å². The summed E-state index contributed by atoms with van der Waals surface area (Å²) < 4.78 is 18.8. The first-order chi connectivity index (χ1) is 13.6. The molecule has 2 heterocycles. The zero-order valence-corrected chi connectivity index (χ0v) is 15.4. The van der Waals surface area contributed by atoms with Gasteiger partial charge in [-0.2, -0.15) is 0 Å². The Labute approximate surface area is 163 Å². The maximum absolute atomic E-state index is 13.1. The van der Waals surface area contributed by atoms with Crippen LogP contribution in [0.5, 0.6) is 0 Å². The molecule has 4 aromatic rings. The van der Waals surface area contributed by atoms with Crippen molar-refractivity contribution in [3.8, 4) is 0 Å². The summed E-state index contributed by atoms with van der Waals surface area (Å²) in [7, 11) is 0. The number of fused-ring (bicyclic) bond motifs is 1. The van der Waals surface area contributed by atoms with Crippen LogP contribution in [0.25, 0.3) is 11.0 Å². The largest absolute Gasteiger partial charge is 0.449 e. The van der Waals surface area contributed by atoms with Gasteiger partial charge in [0.25, 0.3) is 5.91 Å². The van der Waals surface area contributed by atoms with Crippen molar-refractivity contribution in [2.45, 2.75) is 6.42 Å². The van der Waals surface area contributed by atoms with Gasteiger partial charge in [-0.05, 0) is 47.8 Å². The predicted molar refractivity (Wildman–Crippen MR) is 107 cm³/mol. The van der Waals surface area contributed by atoms with E-state index < -0.39 is 11.7 Å². The predicted octanol–water partition coefficient (Wildman–Crippen LogP) is 5.07. The van der Waals surface area contributed by atoms with Crippen LogP contribution in [0.1, 0.15) is 15.4 Å². The molecule has 5 nitrogen and oxygen atoms in total. The van der Waals surface area contributed by atoms with Crippen molar-refractivity contribution < 1.29 is 18.4 Å². The van der Waals surface area contributed by atoms with Crippen LogP contribution in [0.2, 0.25) is 0 Å². The minimum absolute atomic E-state index is 0.00921. The van der Waals surface area contributed by atoms with Crippen LogP contribution in [0, 0.1) is 5.82 Å². The number of anilines is 2. The molecular formula is C21H15FN2O3S. The molecule has 0 unspecified atom stereocenters. The van der Waals surface area contributed by atoms with E-state index in [4.69, 9.17) is 4.42 Å². The van der Waals surface area contributed by atoms with Gasteiger partial charge in [-0.3, -0.25) is 9.59 Å². The summed E-state index contributed by atoms with van der Waals surface area (Å²) in [5.74, 6) is -1.19. The second kappa shape index (κ2) is 7.66. The Morgan fingerprint density at radius 2 is 1.75 bits per heavy atom. The number of halogens is 1.